The van der Waals surface area contributed by atoms with E-state index in [0.717, 1.165) is 38.6 Å². The first-order valence-corrected chi connectivity index (χ1v) is 7.16. The highest BCUT2D eigenvalue weighted by molar-refractivity contribution is 5.74. The smallest absolute Gasteiger partial charge is 0.317 e. The third-order valence-electron chi connectivity index (χ3n) is 3.93. The van der Waals surface area contributed by atoms with Crippen LogP contribution in [0.3, 0.4) is 0 Å². The zero-order valence-electron chi connectivity index (χ0n) is 11.2. The molecule has 0 aromatic heterocycles. The molecule has 0 spiro atoms. The summed E-state index contributed by atoms with van der Waals surface area (Å²) in [5.74, 6) is 0.745. The number of piperazine rings is 1. The number of nitrogens with zero attached hydrogens (tertiary/aromatic N) is 2. The Hall–Kier alpha value is -1.71. The van der Waals surface area contributed by atoms with Crippen LogP contribution in [-0.2, 0) is 0 Å². The molecule has 1 N–H and O–H groups in total. The van der Waals surface area contributed by atoms with Gasteiger partial charge in [-0.2, -0.15) is 0 Å². The van der Waals surface area contributed by atoms with Crippen LogP contribution in [-0.4, -0.2) is 43.7 Å². The van der Waals surface area contributed by atoms with Crippen molar-refractivity contribution in [1.29, 1.82) is 0 Å². The fraction of sp³-hybridized carbons (Fsp3) is 0.533. The van der Waals surface area contributed by atoms with Crippen LogP contribution in [0, 0.1) is 5.92 Å². The van der Waals surface area contributed by atoms with Crippen LogP contribution in [0.2, 0.25) is 0 Å². The molecule has 2 amide bonds. The number of carbonyl (C=O) groups excluding carboxylic acids is 1. The second-order valence-electron chi connectivity index (χ2n) is 5.44. The van der Waals surface area contributed by atoms with E-state index in [1.165, 1.54) is 18.5 Å². The number of anilines is 1. The van der Waals surface area contributed by atoms with Gasteiger partial charge in [-0.3, -0.25) is 0 Å². The van der Waals surface area contributed by atoms with Crippen LogP contribution in [0.5, 0.6) is 0 Å². The van der Waals surface area contributed by atoms with Gasteiger partial charge in [0.25, 0.3) is 0 Å². The van der Waals surface area contributed by atoms with Gasteiger partial charge in [-0.15, -0.1) is 0 Å². The van der Waals surface area contributed by atoms with Gasteiger partial charge in [0, 0.05) is 38.4 Å². The fourth-order valence-electron chi connectivity index (χ4n) is 2.47. The first-order chi connectivity index (χ1) is 9.33. The third kappa shape index (κ3) is 3.19. The molecular formula is C15H21N3O. The highest BCUT2D eigenvalue weighted by Crippen LogP contribution is 2.27. The number of para-hydroxylation sites is 1. The molecule has 0 atom stereocenters. The van der Waals surface area contributed by atoms with Crippen molar-refractivity contribution in [2.75, 3.05) is 37.6 Å². The minimum absolute atomic E-state index is 0.111. The molecule has 4 heteroatoms. The lowest BCUT2D eigenvalue weighted by molar-refractivity contribution is 0.194. The molecule has 1 aromatic rings. The van der Waals surface area contributed by atoms with Gasteiger partial charge in [0.15, 0.2) is 0 Å². The summed E-state index contributed by atoms with van der Waals surface area (Å²) in [6.07, 6.45) is 2.56. The number of carbonyl (C=O) groups is 1. The summed E-state index contributed by atoms with van der Waals surface area (Å²) < 4.78 is 0. The first kappa shape index (κ1) is 12.3. The number of nitrogens with one attached hydrogen (secondary N) is 1. The molecule has 1 aliphatic carbocycles. The van der Waals surface area contributed by atoms with E-state index in [9.17, 15) is 4.79 Å². The van der Waals surface area contributed by atoms with Gasteiger partial charge >= 0.3 is 6.03 Å². The second-order valence-corrected chi connectivity index (χ2v) is 5.44. The Morgan fingerprint density at radius 3 is 2.42 bits per heavy atom. The summed E-state index contributed by atoms with van der Waals surface area (Å²) in [7, 11) is 0. The first-order valence-electron chi connectivity index (χ1n) is 7.16. The zero-order valence-corrected chi connectivity index (χ0v) is 11.2. The van der Waals surface area contributed by atoms with E-state index in [0.29, 0.717) is 0 Å². The number of benzene rings is 1. The summed E-state index contributed by atoms with van der Waals surface area (Å²) >= 11 is 0. The van der Waals surface area contributed by atoms with Gasteiger partial charge in [0.2, 0.25) is 0 Å². The average Bonchev–Trinajstić information content (AvgIpc) is 3.30. The van der Waals surface area contributed by atoms with Gasteiger partial charge in [-0.05, 0) is 30.9 Å². The number of urea groups is 1. The normalized spacial score (nSPS) is 19.4. The Morgan fingerprint density at radius 2 is 1.79 bits per heavy atom. The van der Waals surface area contributed by atoms with Gasteiger partial charge in [0.05, 0.1) is 0 Å². The van der Waals surface area contributed by atoms with Gasteiger partial charge < -0.3 is 15.1 Å². The molecule has 2 aliphatic rings. The van der Waals surface area contributed by atoms with Crippen LogP contribution in [0.15, 0.2) is 30.3 Å². The van der Waals surface area contributed by atoms with Crippen molar-refractivity contribution in [2.45, 2.75) is 12.8 Å². The molecule has 0 bridgehead atoms. The molecule has 19 heavy (non-hydrogen) atoms. The highest BCUT2D eigenvalue weighted by Gasteiger charge is 2.25. The van der Waals surface area contributed by atoms with E-state index in [1.54, 1.807) is 0 Å². The lowest BCUT2D eigenvalue weighted by Gasteiger charge is -2.36. The number of hydrogen-bond acceptors (Lipinski definition) is 2. The molecule has 0 unspecified atom stereocenters. The van der Waals surface area contributed by atoms with Crippen LogP contribution in [0.4, 0.5) is 10.5 Å². The number of hydrogen-bond donors (Lipinski definition) is 1. The van der Waals surface area contributed by atoms with E-state index in [1.807, 2.05) is 11.0 Å². The summed E-state index contributed by atoms with van der Waals surface area (Å²) in [6, 6.07) is 10.5. The van der Waals surface area contributed by atoms with Crippen molar-refractivity contribution in [2.24, 2.45) is 5.92 Å². The minimum Gasteiger partial charge on any atom is -0.368 e. The van der Waals surface area contributed by atoms with E-state index < -0.39 is 0 Å². The monoisotopic (exact) mass is 259 g/mol. The topological polar surface area (TPSA) is 35.6 Å². The SMILES string of the molecule is O=C(NCC1CC1)N1CCN(c2ccccc2)CC1. The maximum Gasteiger partial charge on any atom is 0.317 e. The number of amides is 2. The summed E-state index contributed by atoms with van der Waals surface area (Å²) in [4.78, 5) is 16.2. The van der Waals surface area contributed by atoms with Crippen molar-refractivity contribution in [1.82, 2.24) is 10.2 Å². The Morgan fingerprint density at radius 1 is 1.11 bits per heavy atom. The largest absolute Gasteiger partial charge is 0.368 e. The Labute approximate surface area is 114 Å². The fourth-order valence-corrected chi connectivity index (χ4v) is 2.47. The molecule has 102 valence electrons. The van der Waals surface area contributed by atoms with Crippen molar-refractivity contribution >= 4 is 11.7 Å². The predicted molar refractivity (Wildman–Crippen MR) is 76.4 cm³/mol. The Balaban J connectivity index is 1.47. The van der Waals surface area contributed by atoms with Crippen molar-refractivity contribution in [3.05, 3.63) is 30.3 Å². The minimum atomic E-state index is 0.111. The molecule has 3 rings (SSSR count). The maximum absolute atomic E-state index is 12.0. The molecular weight excluding hydrogens is 238 g/mol. The quantitative estimate of drug-likeness (QED) is 0.900. The summed E-state index contributed by atoms with van der Waals surface area (Å²) in [5.41, 5.74) is 1.25. The highest BCUT2D eigenvalue weighted by atomic mass is 16.2. The molecule has 4 nitrogen and oxygen atoms in total. The van der Waals surface area contributed by atoms with Crippen molar-refractivity contribution < 1.29 is 4.79 Å². The molecule has 1 saturated heterocycles. The van der Waals surface area contributed by atoms with Crippen LogP contribution in [0.25, 0.3) is 0 Å². The molecule has 1 aromatic carbocycles. The van der Waals surface area contributed by atoms with E-state index >= 15 is 0 Å². The van der Waals surface area contributed by atoms with Gasteiger partial charge in [-0.25, -0.2) is 4.79 Å². The molecule has 0 radical (unpaired) electrons. The lowest BCUT2D eigenvalue weighted by atomic mass is 10.2. The van der Waals surface area contributed by atoms with Crippen LogP contribution in [0.1, 0.15) is 12.8 Å². The summed E-state index contributed by atoms with van der Waals surface area (Å²) in [5, 5.41) is 3.04. The molecule has 2 fully saturated rings. The molecule has 1 heterocycles. The number of rotatable bonds is 3. The van der Waals surface area contributed by atoms with E-state index in [-0.39, 0.29) is 6.03 Å². The zero-order chi connectivity index (χ0) is 13.1. The Kier molecular flexibility index (Phi) is 3.58. The van der Waals surface area contributed by atoms with Gasteiger partial charge in [0.1, 0.15) is 0 Å². The van der Waals surface area contributed by atoms with Gasteiger partial charge in [-0.1, -0.05) is 18.2 Å². The lowest BCUT2D eigenvalue weighted by Crippen LogP contribution is -2.52. The van der Waals surface area contributed by atoms with E-state index in [4.69, 9.17) is 0 Å². The van der Waals surface area contributed by atoms with Crippen molar-refractivity contribution in [3.63, 3.8) is 0 Å². The molecule has 1 aliphatic heterocycles. The second kappa shape index (κ2) is 5.51. The Bertz CT molecular complexity index is 422. The predicted octanol–water partition coefficient (Wildman–Crippen LogP) is 1.93. The van der Waals surface area contributed by atoms with Crippen LogP contribution < -0.4 is 10.2 Å². The third-order valence-corrected chi connectivity index (χ3v) is 3.93. The van der Waals surface area contributed by atoms with Crippen LogP contribution >= 0.6 is 0 Å². The maximum atomic E-state index is 12.0. The summed E-state index contributed by atoms with van der Waals surface area (Å²) in [6.45, 7) is 4.32. The van der Waals surface area contributed by atoms with Crippen molar-refractivity contribution in [3.8, 4) is 0 Å². The molecule has 1 saturated carbocycles. The average molecular weight is 259 g/mol. The van der Waals surface area contributed by atoms with E-state index in [2.05, 4.69) is 34.5 Å². The standard InChI is InChI=1S/C15H21N3O/c19-15(16-12-13-6-7-13)18-10-8-17(9-11-18)14-4-2-1-3-5-14/h1-5,13H,6-12H2,(H,16,19).